The number of carbonyl (C=O) groups is 8. The van der Waals surface area contributed by atoms with Gasteiger partial charge >= 0.3 is 11.9 Å². The molecule has 4 aromatic carbocycles. The average molecular weight is 562 g/mol. The molecule has 0 radical (unpaired) electrons. The first-order valence-electron chi connectivity index (χ1n) is 12.1. The molecule has 0 aliphatic heterocycles. The monoisotopic (exact) mass is 562 g/mol. The SMILES string of the molecule is O=C(O)c1ccccc1C(=O)C(=O)c1ccccc1C(=O)C(=O)c1ccccc1C(=O)C(=O)c1ccccc1C(=O)O. The Labute approximate surface area is 236 Å². The summed E-state index contributed by atoms with van der Waals surface area (Å²) in [4.78, 5) is 102. The molecule has 10 heteroatoms. The molecule has 0 spiro atoms. The number of carbonyl (C=O) groups excluding carboxylic acids is 6. The third-order valence-corrected chi connectivity index (χ3v) is 6.26. The molecule has 0 aromatic heterocycles. The minimum Gasteiger partial charge on any atom is -0.478 e. The second-order valence-corrected chi connectivity index (χ2v) is 8.77. The van der Waals surface area contributed by atoms with Crippen LogP contribution in [0.3, 0.4) is 0 Å². The van der Waals surface area contributed by atoms with Crippen molar-refractivity contribution in [3.63, 3.8) is 0 Å². The molecule has 4 aromatic rings. The maximum atomic E-state index is 13.4. The van der Waals surface area contributed by atoms with E-state index < -0.39 is 91.1 Å². The zero-order chi connectivity index (χ0) is 30.6. The summed E-state index contributed by atoms with van der Waals surface area (Å²) in [5.74, 6) is -10.4. The number of carboxylic acid groups (broad SMARTS) is 2. The molecule has 2 N–H and O–H groups in total. The van der Waals surface area contributed by atoms with E-state index in [0.717, 1.165) is 48.5 Å². The number of Topliss-reactive ketones (excluding diaryl/α,β-unsaturated/α-hetero) is 6. The van der Waals surface area contributed by atoms with Crippen molar-refractivity contribution in [2.45, 2.75) is 0 Å². The summed E-state index contributed by atoms with van der Waals surface area (Å²) in [5, 5.41) is 18.8. The van der Waals surface area contributed by atoms with E-state index in [1.807, 2.05) is 0 Å². The number of carboxylic acids is 2. The smallest absolute Gasteiger partial charge is 0.336 e. The molecule has 206 valence electrons. The van der Waals surface area contributed by atoms with Gasteiger partial charge in [0.25, 0.3) is 0 Å². The number of hydrogen-bond donors (Lipinski definition) is 2. The van der Waals surface area contributed by atoms with Crippen LogP contribution in [0.1, 0.15) is 82.9 Å². The average Bonchev–Trinajstić information content (AvgIpc) is 3.02. The highest BCUT2D eigenvalue weighted by Crippen LogP contribution is 2.21. The molecule has 0 aliphatic carbocycles. The van der Waals surface area contributed by atoms with Crippen LogP contribution in [0.15, 0.2) is 97.1 Å². The van der Waals surface area contributed by atoms with Crippen molar-refractivity contribution in [1.29, 1.82) is 0 Å². The Morgan fingerprint density at radius 3 is 0.595 bits per heavy atom. The van der Waals surface area contributed by atoms with E-state index in [1.54, 1.807) is 0 Å². The molecular weight excluding hydrogens is 544 g/mol. The largest absolute Gasteiger partial charge is 0.478 e. The van der Waals surface area contributed by atoms with Gasteiger partial charge in [0.1, 0.15) is 0 Å². The summed E-state index contributed by atoms with van der Waals surface area (Å²) in [6, 6.07) is 19.8. The van der Waals surface area contributed by atoms with Gasteiger partial charge in [-0.25, -0.2) is 9.59 Å². The lowest BCUT2D eigenvalue weighted by atomic mass is 9.89. The van der Waals surface area contributed by atoms with Gasteiger partial charge in [0.2, 0.25) is 34.7 Å². The minimum absolute atomic E-state index is 0.417. The Morgan fingerprint density at radius 1 is 0.286 bits per heavy atom. The third-order valence-electron chi connectivity index (χ3n) is 6.26. The summed E-state index contributed by atoms with van der Waals surface area (Å²) in [5.41, 5.74) is -3.63. The van der Waals surface area contributed by atoms with Crippen molar-refractivity contribution in [3.05, 3.63) is 142 Å². The Morgan fingerprint density at radius 2 is 0.429 bits per heavy atom. The Kier molecular flexibility index (Phi) is 8.19. The van der Waals surface area contributed by atoms with Crippen molar-refractivity contribution in [2.24, 2.45) is 0 Å². The van der Waals surface area contributed by atoms with Crippen LogP contribution in [0, 0.1) is 0 Å². The van der Waals surface area contributed by atoms with Crippen LogP contribution in [0.2, 0.25) is 0 Å². The van der Waals surface area contributed by atoms with Crippen molar-refractivity contribution in [2.75, 3.05) is 0 Å². The lowest BCUT2D eigenvalue weighted by molar-refractivity contribution is 0.0681. The standard InChI is InChI=1S/C32H18O10/c33-25(17-9-1-3-11-19(17)27(35)29(37)21-13-5-7-15-23(21)31(39)40)26(34)18-10-2-4-12-20(18)28(36)30(38)22-14-6-8-16-24(22)32(41)42/h1-16H,(H,39,40)(H,41,42). The number of aromatic carboxylic acids is 2. The van der Waals surface area contributed by atoms with Crippen LogP contribution < -0.4 is 0 Å². The molecule has 0 aliphatic rings. The van der Waals surface area contributed by atoms with Crippen LogP contribution >= 0.6 is 0 Å². The second kappa shape index (κ2) is 11.9. The van der Waals surface area contributed by atoms with Crippen molar-refractivity contribution < 1.29 is 48.6 Å². The molecule has 0 fully saturated rings. The summed E-state index contributed by atoms with van der Waals surface area (Å²) in [6.07, 6.45) is 0. The molecule has 0 atom stereocenters. The highest BCUT2D eigenvalue weighted by molar-refractivity contribution is 6.57. The highest BCUT2D eigenvalue weighted by Gasteiger charge is 2.32. The number of rotatable bonds is 11. The van der Waals surface area contributed by atoms with Gasteiger partial charge in [0.15, 0.2) is 0 Å². The number of hydrogen-bond acceptors (Lipinski definition) is 8. The molecule has 4 rings (SSSR count). The summed E-state index contributed by atoms with van der Waals surface area (Å²) in [7, 11) is 0. The lowest BCUT2D eigenvalue weighted by Crippen LogP contribution is -2.25. The normalized spacial score (nSPS) is 10.4. The van der Waals surface area contributed by atoms with Crippen LogP contribution in [0.5, 0.6) is 0 Å². The van der Waals surface area contributed by atoms with Gasteiger partial charge < -0.3 is 10.2 Å². The van der Waals surface area contributed by atoms with Gasteiger partial charge in [-0.05, 0) is 12.1 Å². The van der Waals surface area contributed by atoms with E-state index in [4.69, 9.17) is 0 Å². The zero-order valence-corrected chi connectivity index (χ0v) is 21.4. The van der Waals surface area contributed by atoms with Gasteiger partial charge in [0.05, 0.1) is 11.1 Å². The molecule has 0 bridgehead atoms. The molecule has 0 heterocycles. The molecule has 0 saturated carbocycles. The first kappa shape index (κ1) is 28.8. The fraction of sp³-hybridized carbons (Fsp3) is 0. The highest BCUT2D eigenvalue weighted by atomic mass is 16.4. The van der Waals surface area contributed by atoms with Crippen LogP contribution in [0.4, 0.5) is 0 Å². The number of ketones is 6. The topological polar surface area (TPSA) is 177 Å². The van der Waals surface area contributed by atoms with E-state index in [-0.39, 0.29) is 0 Å². The van der Waals surface area contributed by atoms with Gasteiger partial charge in [-0.15, -0.1) is 0 Å². The van der Waals surface area contributed by atoms with Gasteiger partial charge in [-0.2, -0.15) is 0 Å². The van der Waals surface area contributed by atoms with E-state index in [9.17, 15) is 48.6 Å². The Bertz CT molecular complexity index is 1710. The fourth-order valence-corrected chi connectivity index (χ4v) is 4.23. The quantitative estimate of drug-likeness (QED) is 0.198. The van der Waals surface area contributed by atoms with E-state index in [2.05, 4.69) is 0 Å². The summed E-state index contributed by atoms with van der Waals surface area (Å²) in [6.45, 7) is 0. The maximum Gasteiger partial charge on any atom is 0.336 e. The second-order valence-electron chi connectivity index (χ2n) is 8.77. The summed E-state index contributed by atoms with van der Waals surface area (Å²) >= 11 is 0. The molecular formula is C32H18O10. The van der Waals surface area contributed by atoms with Gasteiger partial charge in [-0.1, -0.05) is 84.9 Å². The van der Waals surface area contributed by atoms with Crippen molar-refractivity contribution in [1.82, 2.24) is 0 Å². The predicted octanol–water partition coefficient (Wildman–Crippen LogP) is 4.28. The van der Waals surface area contributed by atoms with E-state index in [0.29, 0.717) is 0 Å². The maximum absolute atomic E-state index is 13.4. The fourth-order valence-electron chi connectivity index (χ4n) is 4.23. The molecule has 10 nitrogen and oxygen atoms in total. The minimum atomic E-state index is -1.45. The first-order chi connectivity index (χ1) is 20.0. The van der Waals surface area contributed by atoms with E-state index in [1.165, 1.54) is 48.5 Å². The predicted molar refractivity (Wildman–Crippen MR) is 146 cm³/mol. The summed E-state index contributed by atoms with van der Waals surface area (Å²) < 4.78 is 0. The van der Waals surface area contributed by atoms with Crippen molar-refractivity contribution in [3.8, 4) is 0 Å². The van der Waals surface area contributed by atoms with Crippen LogP contribution in [-0.2, 0) is 0 Å². The van der Waals surface area contributed by atoms with Gasteiger partial charge in [0, 0.05) is 33.4 Å². The van der Waals surface area contributed by atoms with Crippen molar-refractivity contribution >= 4 is 46.6 Å². The Balaban J connectivity index is 1.71. The lowest BCUT2D eigenvalue weighted by Gasteiger charge is -2.10. The van der Waals surface area contributed by atoms with E-state index >= 15 is 0 Å². The molecule has 42 heavy (non-hydrogen) atoms. The van der Waals surface area contributed by atoms with Crippen LogP contribution in [0.25, 0.3) is 0 Å². The van der Waals surface area contributed by atoms with Crippen LogP contribution in [-0.4, -0.2) is 56.9 Å². The number of benzene rings is 4. The molecule has 0 unspecified atom stereocenters. The zero-order valence-electron chi connectivity index (χ0n) is 21.4. The Hall–Kier alpha value is -6.16. The molecule has 0 amide bonds. The van der Waals surface area contributed by atoms with Gasteiger partial charge in [-0.3, -0.25) is 28.8 Å². The third kappa shape index (κ3) is 5.45. The first-order valence-corrected chi connectivity index (χ1v) is 12.1. The molecule has 0 saturated heterocycles.